The van der Waals surface area contributed by atoms with E-state index >= 15 is 0 Å². The molecule has 0 aromatic carbocycles. The zero-order chi connectivity index (χ0) is 17.8. The van der Waals surface area contributed by atoms with Crippen molar-refractivity contribution >= 4 is 5.91 Å². The first-order valence-corrected chi connectivity index (χ1v) is 8.10. The van der Waals surface area contributed by atoms with Crippen LogP contribution in [0.1, 0.15) is 12.5 Å². The first-order chi connectivity index (χ1) is 12.1. The lowest BCUT2D eigenvalue weighted by Gasteiger charge is -2.39. The van der Waals surface area contributed by atoms with Crippen molar-refractivity contribution in [2.75, 3.05) is 13.1 Å². The van der Waals surface area contributed by atoms with Crippen LogP contribution in [0.5, 0.6) is 0 Å². The third-order valence-corrected chi connectivity index (χ3v) is 4.39. The molecule has 2 aromatic heterocycles. The van der Waals surface area contributed by atoms with E-state index in [4.69, 9.17) is 5.26 Å². The standard InChI is InChI=1S/C19H18N4O2/c1-2-14(9-20)19(25)23-11-13(12-23)7-16-8-17(10-22-18(16)24)15-3-5-21-6-4-15/h2-6,8,10,13H,7,11-12H2,1H3,(H,22,24)/b14-2+. The average Bonchev–Trinajstić information content (AvgIpc) is 2.60. The van der Waals surface area contributed by atoms with Crippen LogP contribution in [0.3, 0.4) is 0 Å². The second kappa shape index (κ2) is 7.14. The SMILES string of the molecule is C/C=C(\C#N)C(=O)N1CC(Cc2cc(-c3ccncc3)c[nH]c2=O)C1. The highest BCUT2D eigenvalue weighted by Crippen LogP contribution is 2.23. The van der Waals surface area contributed by atoms with Gasteiger partial charge in [0.2, 0.25) is 0 Å². The highest BCUT2D eigenvalue weighted by molar-refractivity contribution is 5.97. The first-order valence-electron chi connectivity index (χ1n) is 8.10. The molecule has 6 nitrogen and oxygen atoms in total. The Morgan fingerprint density at radius 2 is 2.12 bits per heavy atom. The summed E-state index contributed by atoms with van der Waals surface area (Å²) in [6.45, 7) is 2.81. The molecule has 126 valence electrons. The average molecular weight is 334 g/mol. The topological polar surface area (TPSA) is 89.8 Å². The number of nitrogens with zero attached hydrogens (tertiary/aromatic N) is 3. The van der Waals surface area contributed by atoms with Crippen LogP contribution in [0.4, 0.5) is 0 Å². The van der Waals surface area contributed by atoms with Crippen LogP contribution in [-0.4, -0.2) is 33.9 Å². The number of amides is 1. The molecule has 25 heavy (non-hydrogen) atoms. The Hall–Kier alpha value is -3.20. The van der Waals surface area contributed by atoms with Gasteiger partial charge in [0.15, 0.2) is 0 Å². The van der Waals surface area contributed by atoms with Crippen molar-refractivity contribution in [2.45, 2.75) is 13.3 Å². The van der Waals surface area contributed by atoms with Crippen LogP contribution < -0.4 is 5.56 Å². The van der Waals surface area contributed by atoms with Gasteiger partial charge in [0.25, 0.3) is 11.5 Å². The van der Waals surface area contributed by atoms with Crippen molar-refractivity contribution in [3.63, 3.8) is 0 Å². The molecular weight excluding hydrogens is 316 g/mol. The number of carbonyl (C=O) groups excluding carboxylic acids is 1. The van der Waals surface area contributed by atoms with Gasteiger partial charge in [-0.25, -0.2) is 0 Å². The van der Waals surface area contributed by atoms with Crippen molar-refractivity contribution in [3.8, 4) is 17.2 Å². The van der Waals surface area contributed by atoms with Gasteiger partial charge in [-0.2, -0.15) is 5.26 Å². The van der Waals surface area contributed by atoms with Gasteiger partial charge in [-0.3, -0.25) is 14.6 Å². The van der Waals surface area contributed by atoms with Crippen LogP contribution in [-0.2, 0) is 11.2 Å². The molecule has 0 bridgehead atoms. The summed E-state index contributed by atoms with van der Waals surface area (Å²) in [7, 11) is 0. The number of aromatic amines is 1. The molecule has 1 N–H and O–H groups in total. The van der Waals surface area contributed by atoms with Gasteiger partial charge in [-0.1, -0.05) is 6.08 Å². The number of rotatable bonds is 4. The van der Waals surface area contributed by atoms with E-state index in [0.29, 0.717) is 25.1 Å². The lowest BCUT2D eigenvalue weighted by Crippen LogP contribution is -2.51. The molecule has 1 aliphatic heterocycles. The summed E-state index contributed by atoms with van der Waals surface area (Å²) in [6, 6.07) is 7.58. The Morgan fingerprint density at radius 1 is 1.40 bits per heavy atom. The smallest absolute Gasteiger partial charge is 0.264 e. The minimum Gasteiger partial charge on any atom is -0.337 e. The predicted molar refractivity (Wildman–Crippen MR) is 93.4 cm³/mol. The number of aromatic nitrogens is 2. The van der Waals surface area contributed by atoms with Crippen LogP contribution in [0.15, 0.2) is 53.2 Å². The van der Waals surface area contributed by atoms with Gasteiger partial charge >= 0.3 is 0 Å². The second-order valence-corrected chi connectivity index (χ2v) is 6.07. The van der Waals surface area contributed by atoms with Gasteiger partial charge in [-0.15, -0.1) is 0 Å². The van der Waals surface area contributed by atoms with Crippen molar-refractivity contribution in [2.24, 2.45) is 5.92 Å². The Bertz CT molecular complexity index is 903. The number of allylic oxidation sites excluding steroid dienone is 1. The molecule has 2 aromatic rings. The maximum Gasteiger partial charge on any atom is 0.264 e. The predicted octanol–water partition coefficient (Wildman–Crippen LogP) is 1.91. The Morgan fingerprint density at radius 3 is 2.76 bits per heavy atom. The van der Waals surface area contributed by atoms with Crippen LogP contribution >= 0.6 is 0 Å². The van der Waals surface area contributed by atoms with Gasteiger partial charge in [0, 0.05) is 37.2 Å². The van der Waals surface area contributed by atoms with Crippen molar-refractivity contribution in [1.29, 1.82) is 5.26 Å². The third kappa shape index (κ3) is 3.50. The molecule has 1 aliphatic rings. The summed E-state index contributed by atoms with van der Waals surface area (Å²) in [5, 5.41) is 8.93. The van der Waals surface area contributed by atoms with Gasteiger partial charge in [-0.05, 0) is 48.6 Å². The largest absolute Gasteiger partial charge is 0.337 e. The third-order valence-electron chi connectivity index (χ3n) is 4.39. The molecule has 1 fully saturated rings. The Labute approximate surface area is 145 Å². The second-order valence-electron chi connectivity index (χ2n) is 6.07. The fraction of sp³-hybridized carbons (Fsp3) is 0.263. The van der Waals surface area contributed by atoms with Crippen molar-refractivity contribution in [1.82, 2.24) is 14.9 Å². The summed E-state index contributed by atoms with van der Waals surface area (Å²) in [5.41, 5.74) is 2.69. The minimum atomic E-state index is -0.235. The maximum atomic E-state index is 12.1. The monoisotopic (exact) mass is 334 g/mol. The summed E-state index contributed by atoms with van der Waals surface area (Å²) < 4.78 is 0. The fourth-order valence-corrected chi connectivity index (χ4v) is 2.98. The van der Waals surface area contributed by atoms with E-state index in [1.807, 2.05) is 24.3 Å². The number of carbonyl (C=O) groups is 1. The minimum absolute atomic E-state index is 0.103. The highest BCUT2D eigenvalue weighted by atomic mass is 16.2. The zero-order valence-corrected chi connectivity index (χ0v) is 13.9. The number of likely N-dealkylation sites (tertiary alicyclic amines) is 1. The lowest BCUT2D eigenvalue weighted by molar-refractivity contribution is -0.132. The molecule has 0 unspecified atom stereocenters. The number of pyridine rings is 2. The molecule has 1 amide bonds. The van der Waals surface area contributed by atoms with Gasteiger partial charge < -0.3 is 9.88 Å². The van der Waals surface area contributed by atoms with Gasteiger partial charge in [0.05, 0.1) is 0 Å². The first kappa shape index (κ1) is 16.7. The van der Waals surface area contributed by atoms with E-state index in [1.54, 1.807) is 30.4 Å². The fourth-order valence-electron chi connectivity index (χ4n) is 2.98. The highest BCUT2D eigenvalue weighted by Gasteiger charge is 2.32. The molecule has 0 aliphatic carbocycles. The van der Waals surface area contributed by atoms with E-state index in [2.05, 4.69) is 9.97 Å². The molecule has 6 heteroatoms. The molecule has 0 spiro atoms. The summed E-state index contributed by atoms with van der Waals surface area (Å²) in [6.07, 6.45) is 7.25. The molecule has 3 heterocycles. The Kier molecular flexibility index (Phi) is 4.75. The van der Waals surface area contributed by atoms with E-state index in [0.717, 1.165) is 11.1 Å². The number of nitrogens with one attached hydrogen (secondary N) is 1. The van der Waals surface area contributed by atoms with E-state index < -0.39 is 0 Å². The molecule has 0 radical (unpaired) electrons. The maximum absolute atomic E-state index is 12.1. The van der Waals surface area contributed by atoms with E-state index in [-0.39, 0.29) is 23.0 Å². The van der Waals surface area contributed by atoms with Crippen LogP contribution in [0.25, 0.3) is 11.1 Å². The normalized spacial score (nSPS) is 14.7. The van der Waals surface area contributed by atoms with Crippen LogP contribution in [0.2, 0.25) is 0 Å². The Balaban J connectivity index is 1.68. The summed E-state index contributed by atoms with van der Waals surface area (Å²) in [4.78, 5) is 32.6. The van der Waals surface area contributed by atoms with Crippen LogP contribution in [0, 0.1) is 17.2 Å². The number of H-pyrrole nitrogens is 1. The molecule has 0 saturated carbocycles. The number of hydrogen-bond donors (Lipinski definition) is 1. The van der Waals surface area contributed by atoms with E-state index in [1.165, 1.54) is 6.08 Å². The van der Waals surface area contributed by atoms with Crippen molar-refractivity contribution < 1.29 is 4.79 Å². The van der Waals surface area contributed by atoms with Crippen molar-refractivity contribution in [3.05, 3.63) is 64.4 Å². The van der Waals surface area contributed by atoms with Gasteiger partial charge in [0.1, 0.15) is 11.6 Å². The molecule has 3 rings (SSSR count). The zero-order valence-electron chi connectivity index (χ0n) is 13.9. The van der Waals surface area contributed by atoms with E-state index in [9.17, 15) is 9.59 Å². The molecular formula is C19H18N4O2. The molecule has 1 saturated heterocycles. The lowest BCUT2D eigenvalue weighted by atomic mass is 9.91. The summed E-state index contributed by atoms with van der Waals surface area (Å²) in [5.74, 6) is -0.00441. The number of nitriles is 1. The molecule has 0 atom stereocenters. The quantitative estimate of drug-likeness (QED) is 0.683. The number of hydrogen-bond acceptors (Lipinski definition) is 4. The summed E-state index contributed by atoms with van der Waals surface area (Å²) >= 11 is 0.